The monoisotopic (exact) mass is 432 g/mol. The molecule has 1 aliphatic heterocycles. The summed E-state index contributed by atoms with van der Waals surface area (Å²) in [5.74, 6) is 0.697. The minimum Gasteiger partial charge on any atom is -0.372 e. The van der Waals surface area contributed by atoms with Crippen LogP contribution in [0, 0.1) is 6.92 Å². The summed E-state index contributed by atoms with van der Waals surface area (Å²) in [5, 5.41) is 7.14. The van der Waals surface area contributed by atoms with Crippen molar-refractivity contribution in [1.82, 2.24) is 19.5 Å². The number of hydrogen-bond acceptors (Lipinski definition) is 7. The van der Waals surface area contributed by atoms with E-state index in [-0.39, 0.29) is 18.1 Å². The van der Waals surface area contributed by atoms with Crippen LogP contribution in [0.2, 0.25) is 0 Å². The zero-order valence-electron chi connectivity index (χ0n) is 18.1. The number of pyridine rings is 1. The van der Waals surface area contributed by atoms with Gasteiger partial charge in [-0.2, -0.15) is 4.98 Å². The Morgan fingerprint density at radius 1 is 1.16 bits per heavy atom. The first-order chi connectivity index (χ1) is 15.5. The first-order valence-corrected chi connectivity index (χ1v) is 10.6. The van der Waals surface area contributed by atoms with Crippen molar-refractivity contribution in [3.05, 3.63) is 60.0 Å². The van der Waals surface area contributed by atoms with Crippen molar-refractivity contribution >= 4 is 23.2 Å². The maximum Gasteiger partial charge on any atom is 0.274 e. The van der Waals surface area contributed by atoms with Crippen molar-refractivity contribution < 1.29 is 14.1 Å². The lowest BCUT2D eigenvalue weighted by atomic mass is 10.1. The molecule has 0 spiro atoms. The molecule has 32 heavy (non-hydrogen) atoms. The molecule has 0 unspecified atom stereocenters. The maximum absolute atomic E-state index is 12.9. The first-order valence-electron chi connectivity index (χ1n) is 10.6. The van der Waals surface area contributed by atoms with Crippen molar-refractivity contribution in [3.8, 4) is 11.5 Å². The number of nitrogens with one attached hydrogen (secondary N) is 1. The van der Waals surface area contributed by atoms with E-state index in [1.54, 1.807) is 10.6 Å². The van der Waals surface area contributed by atoms with Crippen LogP contribution >= 0.6 is 0 Å². The number of benzene rings is 1. The lowest BCUT2D eigenvalue weighted by molar-refractivity contribution is -0.00582. The summed E-state index contributed by atoms with van der Waals surface area (Å²) in [4.78, 5) is 23.8. The third-order valence-corrected chi connectivity index (χ3v) is 5.50. The quantitative estimate of drug-likeness (QED) is 0.526. The van der Waals surface area contributed by atoms with Crippen LogP contribution in [0.4, 0.5) is 11.6 Å². The Morgan fingerprint density at radius 3 is 2.78 bits per heavy atom. The van der Waals surface area contributed by atoms with E-state index in [4.69, 9.17) is 9.26 Å². The second kappa shape index (κ2) is 8.08. The molecule has 3 aromatic heterocycles. The molecule has 4 heterocycles. The lowest BCUT2D eigenvalue weighted by Crippen LogP contribution is -2.45. The fourth-order valence-electron chi connectivity index (χ4n) is 3.98. The topological polar surface area (TPSA) is 97.8 Å². The smallest absolute Gasteiger partial charge is 0.274 e. The fraction of sp³-hybridized carbons (Fsp3) is 0.304. The molecule has 9 heteroatoms. The van der Waals surface area contributed by atoms with E-state index in [0.717, 1.165) is 11.1 Å². The number of ether oxygens (including phenoxy) is 1. The number of hydrogen-bond donors (Lipinski definition) is 1. The molecule has 1 N–H and O–H groups in total. The van der Waals surface area contributed by atoms with Gasteiger partial charge in [-0.05, 0) is 55.8 Å². The van der Waals surface area contributed by atoms with Crippen LogP contribution < -0.4 is 10.2 Å². The Labute approximate surface area is 185 Å². The largest absolute Gasteiger partial charge is 0.372 e. The van der Waals surface area contributed by atoms with Gasteiger partial charge in [-0.15, -0.1) is 0 Å². The number of fused-ring (bicyclic) bond motifs is 1. The molecule has 0 bridgehead atoms. The minimum absolute atomic E-state index is 0.0986. The molecule has 1 fully saturated rings. The highest BCUT2D eigenvalue weighted by atomic mass is 16.5. The summed E-state index contributed by atoms with van der Waals surface area (Å²) in [6.45, 7) is 7.41. The van der Waals surface area contributed by atoms with E-state index in [9.17, 15) is 4.79 Å². The average Bonchev–Trinajstić information content (AvgIpc) is 3.42. The van der Waals surface area contributed by atoms with Crippen LogP contribution in [0.3, 0.4) is 0 Å². The van der Waals surface area contributed by atoms with E-state index >= 15 is 0 Å². The molecule has 5 rings (SSSR count). The third kappa shape index (κ3) is 3.82. The zero-order valence-corrected chi connectivity index (χ0v) is 18.1. The van der Waals surface area contributed by atoms with Gasteiger partial charge in [-0.25, -0.2) is 4.98 Å². The molecule has 1 aromatic carbocycles. The highest BCUT2D eigenvalue weighted by Gasteiger charge is 2.26. The van der Waals surface area contributed by atoms with Crippen LogP contribution in [0.5, 0.6) is 0 Å². The van der Waals surface area contributed by atoms with Gasteiger partial charge >= 0.3 is 0 Å². The van der Waals surface area contributed by atoms with Gasteiger partial charge in [0.05, 0.1) is 18.4 Å². The molecule has 2 atom stereocenters. The molecule has 4 aromatic rings. The normalized spacial score (nSPS) is 18.8. The zero-order chi connectivity index (χ0) is 22.2. The SMILES string of the molecule is Cc1ccc(-c2nc(N3C[C@H](C)O[C@@H](C)C3)no2)cc1NC(=O)c1cnc2ccccn12. The Bertz CT molecular complexity index is 1270. The van der Waals surface area contributed by atoms with Crippen LogP contribution in [-0.4, -0.2) is 50.7 Å². The first kappa shape index (κ1) is 20.2. The molecular formula is C23H24N6O3. The van der Waals surface area contributed by atoms with Gasteiger partial charge < -0.3 is 19.5 Å². The number of carbonyl (C=O) groups excluding carboxylic acids is 1. The van der Waals surface area contributed by atoms with Crippen molar-refractivity contribution in [3.63, 3.8) is 0 Å². The second-order valence-corrected chi connectivity index (χ2v) is 8.12. The van der Waals surface area contributed by atoms with Gasteiger partial charge in [0, 0.05) is 30.5 Å². The predicted molar refractivity (Wildman–Crippen MR) is 120 cm³/mol. The van der Waals surface area contributed by atoms with Crippen molar-refractivity contribution in [1.29, 1.82) is 0 Å². The van der Waals surface area contributed by atoms with Gasteiger partial charge in [-0.1, -0.05) is 12.1 Å². The van der Waals surface area contributed by atoms with Crippen molar-refractivity contribution in [2.45, 2.75) is 33.0 Å². The number of morpholine rings is 1. The molecule has 9 nitrogen and oxygen atoms in total. The molecule has 1 aliphatic rings. The predicted octanol–water partition coefficient (Wildman–Crippen LogP) is 3.56. The molecule has 0 saturated carbocycles. The summed E-state index contributed by atoms with van der Waals surface area (Å²) in [6, 6.07) is 11.3. The standard InChI is InChI=1S/C23H24N6O3/c1-14-7-8-17(22-26-23(27-32-22)28-12-15(2)31-16(3)13-28)10-18(14)25-21(30)19-11-24-20-6-4-5-9-29(19)20/h4-11,15-16H,12-13H2,1-3H3,(H,25,30)/t15-,16-/m0/s1. The number of rotatable bonds is 4. The van der Waals surface area contributed by atoms with E-state index in [1.807, 2.05) is 63.4 Å². The van der Waals surface area contributed by atoms with Crippen LogP contribution in [-0.2, 0) is 4.74 Å². The number of anilines is 2. The van der Waals surface area contributed by atoms with Crippen LogP contribution in [0.25, 0.3) is 17.1 Å². The molecule has 0 aliphatic carbocycles. The van der Waals surface area contributed by atoms with E-state index in [0.29, 0.717) is 42.0 Å². The minimum atomic E-state index is -0.244. The van der Waals surface area contributed by atoms with Crippen LogP contribution in [0.1, 0.15) is 29.9 Å². The number of aromatic nitrogens is 4. The summed E-state index contributed by atoms with van der Waals surface area (Å²) >= 11 is 0. The number of nitrogens with zero attached hydrogens (tertiary/aromatic N) is 5. The lowest BCUT2D eigenvalue weighted by Gasteiger charge is -2.34. The number of amides is 1. The van der Waals surface area contributed by atoms with Gasteiger partial charge in [-0.3, -0.25) is 9.20 Å². The Morgan fingerprint density at radius 2 is 1.97 bits per heavy atom. The highest BCUT2D eigenvalue weighted by molar-refractivity contribution is 6.04. The summed E-state index contributed by atoms with van der Waals surface area (Å²) in [6.07, 6.45) is 3.58. The molecule has 164 valence electrons. The number of imidazole rings is 1. The van der Waals surface area contributed by atoms with E-state index in [2.05, 4.69) is 25.3 Å². The Hall–Kier alpha value is -3.72. The molecule has 0 radical (unpaired) electrons. The Balaban J connectivity index is 1.38. The highest BCUT2D eigenvalue weighted by Crippen LogP contribution is 2.27. The van der Waals surface area contributed by atoms with Gasteiger partial charge in [0.25, 0.3) is 17.7 Å². The van der Waals surface area contributed by atoms with Gasteiger partial charge in [0.1, 0.15) is 11.3 Å². The fourth-order valence-corrected chi connectivity index (χ4v) is 3.98. The number of aryl methyl sites for hydroxylation is 1. The summed E-state index contributed by atoms with van der Waals surface area (Å²) < 4.78 is 13.1. The molecule has 1 amide bonds. The van der Waals surface area contributed by atoms with Crippen molar-refractivity contribution in [2.24, 2.45) is 0 Å². The van der Waals surface area contributed by atoms with Gasteiger partial charge in [0.2, 0.25) is 0 Å². The van der Waals surface area contributed by atoms with Crippen LogP contribution in [0.15, 0.2) is 53.3 Å². The average molecular weight is 432 g/mol. The van der Waals surface area contributed by atoms with Gasteiger partial charge in [0.15, 0.2) is 0 Å². The third-order valence-electron chi connectivity index (χ3n) is 5.50. The second-order valence-electron chi connectivity index (χ2n) is 8.12. The Kier molecular flexibility index (Phi) is 5.10. The summed E-state index contributed by atoms with van der Waals surface area (Å²) in [7, 11) is 0. The van der Waals surface area contributed by atoms with E-state index < -0.39 is 0 Å². The maximum atomic E-state index is 12.9. The molecule has 1 saturated heterocycles. The van der Waals surface area contributed by atoms with E-state index in [1.165, 1.54) is 0 Å². The molecular weight excluding hydrogens is 408 g/mol. The number of carbonyl (C=O) groups is 1. The summed E-state index contributed by atoms with van der Waals surface area (Å²) in [5.41, 5.74) is 3.50. The van der Waals surface area contributed by atoms with Crippen molar-refractivity contribution in [2.75, 3.05) is 23.3 Å².